The molecule has 1 N–H and O–H groups in total. The summed E-state index contributed by atoms with van der Waals surface area (Å²) in [5, 5.41) is 6.62. The quantitative estimate of drug-likeness (QED) is 0.942. The first-order chi connectivity index (χ1) is 10.2. The van der Waals surface area contributed by atoms with Gasteiger partial charge in [-0.3, -0.25) is 9.59 Å². The minimum absolute atomic E-state index is 0.0921. The standard InChI is InChI=1S/C16H16N2O2S/c19-15-8-14(17-16(20)13-6-7-21-11-13)10-18(15)9-12-4-2-1-3-5-12/h1-7,11,14H,8-10H2,(H,17,20). The second kappa shape index (κ2) is 6.10. The number of hydrogen-bond acceptors (Lipinski definition) is 3. The van der Waals surface area contributed by atoms with Crippen molar-refractivity contribution in [1.29, 1.82) is 0 Å². The Morgan fingerprint density at radius 2 is 2.10 bits per heavy atom. The van der Waals surface area contributed by atoms with Crippen molar-refractivity contribution in [3.8, 4) is 0 Å². The van der Waals surface area contributed by atoms with Crippen molar-refractivity contribution >= 4 is 23.2 Å². The summed E-state index contributed by atoms with van der Waals surface area (Å²) in [5.41, 5.74) is 1.77. The van der Waals surface area contributed by atoms with Crippen molar-refractivity contribution in [1.82, 2.24) is 10.2 Å². The van der Waals surface area contributed by atoms with Crippen molar-refractivity contribution in [3.63, 3.8) is 0 Å². The maximum absolute atomic E-state index is 12.0. The van der Waals surface area contributed by atoms with Gasteiger partial charge >= 0.3 is 0 Å². The maximum Gasteiger partial charge on any atom is 0.252 e. The van der Waals surface area contributed by atoms with Crippen LogP contribution in [0.4, 0.5) is 0 Å². The van der Waals surface area contributed by atoms with E-state index in [-0.39, 0.29) is 17.9 Å². The minimum Gasteiger partial charge on any atom is -0.347 e. The number of likely N-dealkylation sites (tertiary alicyclic amines) is 1. The van der Waals surface area contributed by atoms with Crippen LogP contribution in [0.5, 0.6) is 0 Å². The van der Waals surface area contributed by atoms with Crippen LogP contribution in [0.25, 0.3) is 0 Å². The third kappa shape index (κ3) is 3.31. The molecule has 21 heavy (non-hydrogen) atoms. The molecule has 1 aromatic carbocycles. The van der Waals surface area contributed by atoms with E-state index < -0.39 is 0 Å². The fraction of sp³-hybridized carbons (Fsp3) is 0.250. The average molecular weight is 300 g/mol. The van der Waals surface area contributed by atoms with Crippen LogP contribution in [0.3, 0.4) is 0 Å². The summed E-state index contributed by atoms with van der Waals surface area (Å²) in [4.78, 5) is 25.8. The van der Waals surface area contributed by atoms with Crippen LogP contribution in [0.2, 0.25) is 0 Å². The van der Waals surface area contributed by atoms with Crippen LogP contribution in [0.15, 0.2) is 47.2 Å². The molecule has 1 aliphatic rings. The molecule has 108 valence electrons. The third-order valence-corrected chi connectivity index (χ3v) is 4.23. The van der Waals surface area contributed by atoms with Gasteiger partial charge in [-0.2, -0.15) is 11.3 Å². The number of carbonyl (C=O) groups excluding carboxylic acids is 2. The normalized spacial score (nSPS) is 18.0. The lowest BCUT2D eigenvalue weighted by atomic mass is 10.2. The Kier molecular flexibility index (Phi) is 4.01. The predicted octanol–water partition coefficient (Wildman–Crippen LogP) is 2.28. The molecule has 1 aromatic heterocycles. The Hall–Kier alpha value is -2.14. The molecule has 2 amide bonds. The van der Waals surface area contributed by atoms with Gasteiger partial charge in [-0.1, -0.05) is 30.3 Å². The van der Waals surface area contributed by atoms with Crippen molar-refractivity contribution in [3.05, 3.63) is 58.3 Å². The van der Waals surface area contributed by atoms with Gasteiger partial charge in [-0.25, -0.2) is 0 Å². The predicted molar refractivity (Wildman–Crippen MR) is 82.0 cm³/mol. The summed E-state index contributed by atoms with van der Waals surface area (Å²) in [5.74, 6) is -0.00918. The number of amides is 2. The van der Waals surface area contributed by atoms with E-state index in [1.165, 1.54) is 11.3 Å². The fourth-order valence-electron chi connectivity index (χ4n) is 2.49. The SMILES string of the molecule is O=C(NC1CC(=O)N(Cc2ccccc2)C1)c1ccsc1. The van der Waals surface area contributed by atoms with Gasteiger partial charge in [0.2, 0.25) is 5.91 Å². The largest absolute Gasteiger partial charge is 0.347 e. The van der Waals surface area contributed by atoms with Crippen LogP contribution >= 0.6 is 11.3 Å². The highest BCUT2D eigenvalue weighted by Crippen LogP contribution is 2.16. The Bertz CT molecular complexity index is 625. The summed E-state index contributed by atoms with van der Waals surface area (Å²) >= 11 is 1.49. The van der Waals surface area contributed by atoms with Gasteiger partial charge in [-0.15, -0.1) is 0 Å². The van der Waals surface area contributed by atoms with Crippen molar-refractivity contribution in [2.24, 2.45) is 0 Å². The number of nitrogens with zero attached hydrogens (tertiary/aromatic N) is 1. The zero-order valence-corrected chi connectivity index (χ0v) is 12.3. The molecular formula is C16H16N2O2S. The smallest absolute Gasteiger partial charge is 0.252 e. The van der Waals surface area contributed by atoms with Gasteiger partial charge in [0.1, 0.15) is 0 Å². The molecule has 1 saturated heterocycles. The molecule has 1 fully saturated rings. The van der Waals surface area contributed by atoms with Crippen LogP contribution in [0.1, 0.15) is 22.3 Å². The summed E-state index contributed by atoms with van der Waals surface area (Å²) in [6, 6.07) is 11.6. The molecule has 2 heterocycles. The van der Waals surface area contributed by atoms with Gasteiger partial charge in [0.15, 0.2) is 0 Å². The van der Waals surface area contributed by atoms with Gasteiger partial charge < -0.3 is 10.2 Å². The lowest BCUT2D eigenvalue weighted by Gasteiger charge is -2.17. The molecule has 5 heteroatoms. The highest BCUT2D eigenvalue weighted by atomic mass is 32.1. The molecular weight excluding hydrogens is 284 g/mol. The van der Waals surface area contributed by atoms with E-state index >= 15 is 0 Å². The summed E-state index contributed by atoms with van der Waals surface area (Å²) in [6.45, 7) is 1.17. The Morgan fingerprint density at radius 3 is 2.81 bits per heavy atom. The molecule has 1 unspecified atom stereocenters. The van der Waals surface area contributed by atoms with Gasteiger partial charge in [0, 0.05) is 30.5 Å². The van der Waals surface area contributed by atoms with Crippen molar-refractivity contribution in [2.75, 3.05) is 6.54 Å². The zero-order valence-electron chi connectivity index (χ0n) is 11.5. The molecule has 0 bridgehead atoms. The topological polar surface area (TPSA) is 49.4 Å². The lowest BCUT2D eigenvalue weighted by Crippen LogP contribution is -2.36. The monoisotopic (exact) mass is 300 g/mol. The van der Waals surface area contributed by atoms with Gasteiger partial charge in [0.05, 0.1) is 6.04 Å². The first-order valence-corrected chi connectivity index (χ1v) is 7.81. The molecule has 3 rings (SSSR count). The molecule has 0 aliphatic carbocycles. The molecule has 4 nitrogen and oxygen atoms in total. The molecule has 0 spiro atoms. The first kappa shape index (κ1) is 13.8. The first-order valence-electron chi connectivity index (χ1n) is 6.87. The van der Waals surface area contributed by atoms with Crippen LogP contribution in [-0.4, -0.2) is 29.3 Å². The highest BCUT2D eigenvalue weighted by Gasteiger charge is 2.30. The third-order valence-electron chi connectivity index (χ3n) is 3.55. The average Bonchev–Trinajstić information content (AvgIpc) is 3.11. The minimum atomic E-state index is -0.103. The molecule has 2 aromatic rings. The maximum atomic E-state index is 12.0. The van der Waals surface area contributed by atoms with E-state index in [1.807, 2.05) is 41.1 Å². The summed E-state index contributed by atoms with van der Waals surface area (Å²) < 4.78 is 0. The van der Waals surface area contributed by atoms with Crippen LogP contribution in [0, 0.1) is 0 Å². The van der Waals surface area contributed by atoms with Crippen molar-refractivity contribution < 1.29 is 9.59 Å². The summed E-state index contributed by atoms with van der Waals surface area (Å²) in [7, 11) is 0. The Labute approximate surface area is 127 Å². The van der Waals surface area contributed by atoms with E-state index in [4.69, 9.17) is 0 Å². The second-order valence-electron chi connectivity index (χ2n) is 5.15. The van der Waals surface area contributed by atoms with E-state index in [0.717, 1.165) is 5.56 Å². The second-order valence-corrected chi connectivity index (χ2v) is 5.93. The highest BCUT2D eigenvalue weighted by molar-refractivity contribution is 7.08. The molecule has 0 saturated carbocycles. The Morgan fingerprint density at radius 1 is 1.29 bits per heavy atom. The van der Waals surface area contributed by atoms with Gasteiger partial charge in [0.25, 0.3) is 5.91 Å². The Balaban J connectivity index is 1.58. The number of thiophene rings is 1. The van der Waals surface area contributed by atoms with Crippen molar-refractivity contribution in [2.45, 2.75) is 19.0 Å². The van der Waals surface area contributed by atoms with Crippen LogP contribution < -0.4 is 5.32 Å². The number of carbonyl (C=O) groups is 2. The molecule has 1 atom stereocenters. The fourth-order valence-corrected chi connectivity index (χ4v) is 3.12. The number of rotatable bonds is 4. The van der Waals surface area contributed by atoms with E-state index in [2.05, 4.69) is 5.32 Å². The molecule has 1 aliphatic heterocycles. The zero-order chi connectivity index (χ0) is 14.7. The molecule has 0 radical (unpaired) electrons. The summed E-state index contributed by atoms with van der Waals surface area (Å²) in [6.07, 6.45) is 0.378. The van der Waals surface area contributed by atoms with E-state index in [9.17, 15) is 9.59 Å². The number of benzene rings is 1. The van der Waals surface area contributed by atoms with Gasteiger partial charge in [-0.05, 0) is 17.0 Å². The van der Waals surface area contributed by atoms with Crippen LogP contribution in [-0.2, 0) is 11.3 Å². The van der Waals surface area contributed by atoms with E-state index in [0.29, 0.717) is 25.1 Å². The van der Waals surface area contributed by atoms with E-state index in [1.54, 1.807) is 11.0 Å². The lowest BCUT2D eigenvalue weighted by molar-refractivity contribution is -0.128. The number of hydrogen-bond donors (Lipinski definition) is 1. The number of nitrogens with one attached hydrogen (secondary N) is 1.